The Morgan fingerprint density at radius 1 is 1.04 bits per heavy atom. The number of nitrogens with one attached hydrogen (secondary N) is 1. The Labute approximate surface area is 169 Å². The highest BCUT2D eigenvalue weighted by molar-refractivity contribution is 9.10. The lowest BCUT2D eigenvalue weighted by Gasteiger charge is -2.32. The maximum absolute atomic E-state index is 12.5. The second-order valence-corrected chi connectivity index (χ2v) is 8.04. The molecule has 2 aromatic carbocycles. The minimum atomic E-state index is -0.0494. The van der Waals surface area contributed by atoms with Crippen molar-refractivity contribution in [1.82, 2.24) is 10.2 Å². The minimum Gasteiger partial charge on any atom is -0.349 e. The Kier molecular flexibility index (Phi) is 6.67. The molecule has 4 nitrogen and oxygen atoms in total. The van der Waals surface area contributed by atoms with Crippen LogP contribution in [0.4, 0.5) is 0 Å². The van der Waals surface area contributed by atoms with Crippen LogP contribution in [0.2, 0.25) is 0 Å². The van der Waals surface area contributed by atoms with Crippen LogP contribution in [0.1, 0.15) is 40.7 Å². The van der Waals surface area contributed by atoms with E-state index in [0.29, 0.717) is 25.1 Å². The first-order valence-corrected chi connectivity index (χ1v) is 10.2. The monoisotopic (exact) mass is 428 g/mol. The van der Waals surface area contributed by atoms with Crippen molar-refractivity contribution in [1.29, 1.82) is 0 Å². The maximum atomic E-state index is 12.5. The van der Waals surface area contributed by atoms with Crippen LogP contribution in [0, 0.1) is 6.92 Å². The first-order valence-electron chi connectivity index (χ1n) is 9.41. The lowest BCUT2D eigenvalue weighted by molar-refractivity contribution is -0.132. The largest absolute Gasteiger partial charge is 0.349 e. The molecule has 27 heavy (non-hydrogen) atoms. The highest BCUT2D eigenvalue weighted by Crippen LogP contribution is 2.15. The molecule has 1 aliphatic heterocycles. The number of likely N-dealkylation sites (tertiary alicyclic amines) is 1. The molecule has 0 saturated carbocycles. The van der Waals surface area contributed by atoms with Crippen LogP contribution >= 0.6 is 15.9 Å². The molecule has 0 atom stereocenters. The average Bonchev–Trinajstić information content (AvgIpc) is 2.68. The molecule has 2 amide bonds. The van der Waals surface area contributed by atoms with Gasteiger partial charge in [-0.2, -0.15) is 0 Å². The zero-order chi connectivity index (χ0) is 19.2. The molecule has 0 bridgehead atoms. The Morgan fingerprint density at radius 3 is 2.30 bits per heavy atom. The van der Waals surface area contributed by atoms with Crippen molar-refractivity contribution in [3.05, 3.63) is 69.7 Å². The van der Waals surface area contributed by atoms with E-state index in [-0.39, 0.29) is 17.9 Å². The predicted molar refractivity (Wildman–Crippen MR) is 111 cm³/mol. The standard InChI is InChI=1S/C22H25BrN2O2/c1-16-2-4-17(5-3-16)6-11-21(26)25-14-12-20(13-15-25)24-22(27)18-7-9-19(23)10-8-18/h2-5,7-10,20H,6,11-15H2,1H3,(H,24,27). The van der Waals surface area contributed by atoms with Gasteiger partial charge in [0.1, 0.15) is 0 Å². The predicted octanol–water partition coefficient (Wildman–Crippen LogP) is 4.11. The normalized spacial score (nSPS) is 14.8. The summed E-state index contributed by atoms with van der Waals surface area (Å²) in [4.78, 5) is 26.7. The Bertz CT molecular complexity index is 779. The topological polar surface area (TPSA) is 49.4 Å². The van der Waals surface area contributed by atoms with Crippen LogP contribution in [0.15, 0.2) is 53.0 Å². The van der Waals surface area contributed by atoms with Crippen LogP contribution in [0.5, 0.6) is 0 Å². The van der Waals surface area contributed by atoms with Gasteiger partial charge in [0.15, 0.2) is 0 Å². The fraction of sp³-hybridized carbons (Fsp3) is 0.364. The van der Waals surface area contributed by atoms with E-state index in [1.165, 1.54) is 11.1 Å². The lowest BCUT2D eigenvalue weighted by atomic mass is 10.0. The number of carbonyl (C=O) groups excluding carboxylic acids is 2. The van der Waals surface area contributed by atoms with Crippen molar-refractivity contribution >= 4 is 27.7 Å². The number of hydrogen-bond acceptors (Lipinski definition) is 2. The Hall–Kier alpha value is -2.14. The van der Waals surface area contributed by atoms with Crippen molar-refractivity contribution in [3.63, 3.8) is 0 Å². The molecule has 1 saturated heterocycles. The molecule has 1 aliphatic rings. The first-order chi connectivity index (χ1) is 13.0. The van der Waals surface area contributed by atoms with Gasteiger partial charge in [0.25, 0.3) is 5.91 Å². The van der Waals surface area contributed by atoms with E-state index < -0.39 is 0 Å². The molecule has 1 heterocycles. The van der Waals surface area contributed by atoms with Gasteiger partial charge in [-0.05, 0) is 56.0 Å². The van der Waals surface area contributed by atoms with E-state index in [1.807, 2.05) is 29.2 Å². The number of benzene rings is 2. The van der Waals surface area contributed by atoms with Gasteiger partial charge in [0.05, 0.1) is 0 Å². The summed E-state index contributed by atoms with van der Waals surface area (Å²) >= 11 is 3.37. The van der Waals surface area contributed by atoms with Gasteiger partial charge in [0, 0.05) is 35.6 Å². The van der Waals surface area contributed by atoms with Crippen LogP contribution in [0.25, 0.3) is 0 Å². The molecule has 3 rings (SSSR count). The summed E-state index contributed by atoms with van der Waals surface area (Å²) in [7, 11) is 0. The summed E-state index contributed by atoms with van der Waals surface area (Å²) in [6.45, 7) is 3.48. The quantitative estimate of drug-likeness (QED) is 0.778. The fourth-order valence-corrected chi connectivity index (χ4v) is 3.57. The molecule has 0 spiro atoms. The zero-order valence-corrected chi connectivity index (χ0v) is 17.2. The number of rotatable bonds is 5. The smallest absolute Gasteiger partial charge is 0.251 e. The first kappa shape index (κ1) is 19.6. The number of halogens is 1. The van der Waals surface area contributed by atoms with Crippen molar-refractivity contribution in [3.8, 4) is 0 Å². The average molecular weight is 429 g/mol. The number of carbonyl (C=O) groups is 2. The van der Waals surface area contributed by atoms with Crippen molar-refractivity contribution in [2.75, 3.05) is 13.1 Å². The summed E-state index contributed by atoms with van der Waals surface area (Å²) in [5, 5.41) is 3.09. The van der Waals surface area contributed by atoms with Gasteiger partial charge in [0.2, 0.25) is 5.91 Å². The van der Waals surface area contributed by atoms with E-state index in [1.54, 1.807) is 0 Å². The SMILES string of the molecule is Cc1ccc(CCC(=O)N2CCC(NC(=O)c3ccc(Br)cc3)CC2)cc1. The highest BCUT2D eigenvalue weighted by atomic mass is 79.9. The van der Waals surface area contributed by atoms with Crippen molar-refractivity contribution in [2.45, 2.75) is 38.6 Å². The summed E-state index contributed by atoms with van der Waals surface area (Å²) in [5.74, 6) is 0.153. The molecule has 1 N–H and O–H groups in total. The van der Waals surface area contributed by atoms with Gasteiger partial charge in [-0.25, -0.2) is 0 Å². The molecule has 142 valence electrons. The summed E-state index contributed by atoms with van der Waals surface area (Å²) in [5.41, 5.74) is 3.10. The lowest BCUT2D eigenvalue weighted by Crippen LogP contribution is -2.46. The zero-order valence-electron chi connectivity index (χ0n) is 15.6. The van der Waals surface area contributed by atoms with E-state index >= 15 is 0 Å². The molecule has 0 aromatic heterocycles. The van der Waals surface area contributed by atoms with Gasteiger partial charge >= 0.3 is 0 Å². The summed E-state index contributed by atoms with van der Waals surface area (Å²) in [6, 6.07) is 15.8. The van der Waals surface area contributed by atoms with Crippen LogP contribution in [-0.2, 0) is 11.2 Å². The third-order valence-electron chi connectivity index (χ3n) is 5.04. The Morgan fingerprint density at radius 2 is 1.67 bits per heavy atom. The summed E-state index contributed by atoms with van der Waals surface area (Å²) in [6.07, 6.45) is 2.93. The minimum absolute atomic E-state index is 0.0494. The highest BCUT2D eigenvalue weighted by Gasteiger charge is 2.23. The molecule has 2 aromatic rings. The molecule has 1 fully saturated rings. The summed E-state index contributed by atoms with van der Waals surface area (Å²) < 4.78 is 0.955. The van der Waals surface area contributed by atoms with Crippen LogP contribution < -0.4 is 5.32 Å². The second-order valence-electron chi connectivity index (χ2n) is 7.12. The molecule has 5 heteroatoms. The molecule has 0 unspecified atom stereocenters. The molecule has 0 aliphatic carbocycles. The van der Waals surface area contributed by atoms with Gasteiger partial charge in [-0.1, -0.05) is 45.8 Å². The van der Waals surface area contributed by atoms with E-state index in [2.05, 4.69) is 52.4 Å². The number of amides is 2. The van der Waals surface area contributed by atoms with Crippen LogP contribution in [-0.4, -0.2) is 35.8 Å². The van der Waals surface area contributed by atoms with Gasteiger partial charge in [-0.3, -0.25) is 9.59 Å². The maximum Gasteiger partial charge on any atom is 0.251 e. The molecule has 0 radical (unpaired) electrons. The third kappa shape index (κ3) is 5.67. The third-order valence-corrected chi connectivity index (χ3v) is 5.57. The Balaban J connectivity index is 1.42. The van der Waals surface area contributed by atoms with Crippen LogP contribution in [0.3, 0.4) is 0 Å². The number of nitrogens with zero attached hydrogens (tertiary/aromatic N) is 1. The van der Waals surface area contributed by atoms with Gasteiger partial charge < -0.3 is 10.2 Å². The number of hydrogen-bond donors (Lipinski definition) is 1. The van der Waals surface area contributed by atoms with Crippen molar-refractivity contribution < 1.29 is 9.59 Å². The van der Waals surface area contributed by atoms with E-state index in [0.717, 1.165) is 23.7 Å². The van der Waals surface area contributed by atoms with E-state index in [4.69, 9.17) is 0 Å². The number of aryl methyl sites for hydroxylation is 2. The molecular formula is C22H25BrN2O2. The number of piperidine rings is 1. The fourth-order valence-electron chi connectivity index (χ4n) is 3.31. The van der Waals surface area contributed by atoms with E-state index in [9.17, 15) is 9.59 Å². The van der Waals surface area contributed by atoms with Gasteiger partial charge in [-0.15, -0.1) is 0 Å². The molecular weight excluding hydrogens is 404 g/mol. The van der Waals surface area contributed by atoms with Crippen molar-refractivity contribution in [2.24, 2.45) is 0 Å². The second kappa shape index (κ2) is 9.18.